The largest absolute Gasteiger partial charge is 0.480 e. The molecule has 1 heterocycles. The first-order valence-electron chi connectivity index (χ1n) is 6.29. The Bertz CT molecular complexity index is 565. The Morgan fingerprint density at radius 2 is 2.10 bits per heavy atom. The van der Waals surface area contributed by atoms with Crippen LogP contribution in [0.1, 0.15) is 11.1 Å². The Labute approximate surface area is 116 Å². The first-order chi connectivity index (χ1) is 9.61. The number of nitrogens with zero attached hydrogens (tertiary/aromatic N) is 2. The molecule has 2 rings (SSSR count). The molecule has 2 N–H and O–H groups in total. The SMILES string of the molecule is N#CCNC(=O)CN1Cc2ccccc2C[C@H]1C(=O)O. The predicted molar refractivity (Wildman–Crippen MR) is 70.6 cm³/mol. The van der Waals surface area contributed by atoms with E-state index in [1.807, 2.05) is 30.3 Å². The number of carboxylic acid groups (broad SMARTS) is 1. The van der Waals surface area contributed by atoms with E-state index in [-0.39, 0.29) is 19.0 Å². The van der Waals surface area contributed by atoms with Gasteiger partial charge in [-0.25, -0.2) is 0 Å². The van der Waals surface area contributed by atoms with Crippen LogP contribution in [0.15, 0.2) is 24.3 Å². The van der Waals surface area contributed by atoms with Gasteiger partial charge in [0.1, 0.15) is 12.6 Å². The topological polar surface area (TPSA) is 93.4 Å². The quantitative estimate of drug-likeness (QED) is 0.761. The number of nitriles is 1. The highest BCUT2D eigenvalue weighted by Crippen LogP contribution is 2.23. The van der Waals surface area contributed by atoms with E-state index in [1.165, 1.54) is 0 Å². The zero-order chi connectivity index (χ0) is 14.5. The number of fused-ring (bicyclic) bond motifs is 1. The van der Waals surface area contributed by atoms with Crippen molar-refractivity contribution in [3.05, 3.63) is 35.4 Å². The number of hydrogen-bond acceptors (Lipinski definition) is 4. The van der Waals surface area contributed by atoms with Crippen LogP contribution in [0.3, 0.4) is 0 Å². The summed E-state index contributed by atoms with van der Waals surface area (Å²) in [5.41, 5.74) is 2.05. The molecule has 1 atom stereocenters. The lowest BCUT2D eigenvalue weighted by Gasteiger charge is -2.33. The second kappa shape index (κ2) is 6.17. The molecule has 1 aromatic rings. The van der Waals surface area contributed by atoms with Gasteiger partial charge < -0.3 is 10.4 Å². The van der Waals surface area contributed by atoms with Crippen LogP contribution in [0.5, 0.6) is 0 Å². The highest BCUT2D eigenvalue weighted by Gasteiger charge is 2.32. The minimum atomic E-state index is -0.937. The molecule has 104 valence electrons. The van der Waals surface area contributed by atoms with Crippen molar-refractivity contribution < 1.29 is 14.7 Å². The van der Waals surface area contributed by atoms with Gasteiger partial charge in [-0.1, -0.05) is 24.3 Å². The summed E-state index contributed by atoms with van der Waals surface area (Å²) in [5.74, 6) is -1.27. The molecule has 1 aromatic carbocycles. The number of rotatable bonds is 4. The fraction of sp³-hybridized carbons (Fsp3) is 0.357. The van der Waals surface area contributed by atoms with Gasteiger partial charge >= 0.3 is 5.97 Å². The third-order valence-corrected chi connectivity index (χ3v) is 3.34. The molecule has 0 saturated carbocycles. The van der Waals surface area contributed by atoms with Crippen molar-refractivity contribution in [1.29, 1.82) is 5.26 Å². The summed E-state index contributed by atoms with van der Waals surface area (Å²) < 4.78 is 0. The number of carbonyl (C=O) groups is 2. The van der Waals surface area contributed by atoms with Gasteiger partial charge in [0.05, 0.1) is 12.6 Å². The van der Waals surface area contributed by atoms with Crippen molar-refractivity contribution in [2.24, 2.45) is 0 Å². The summed E-state index contributed by atoms with van der Waals surface area (Å²) in [6, 6.07) is 8.74. The van der Waals surface area contributed by atoms with Crippen LogP contribution in [0.4, 0.5) is 0 Å². The number of carboxylic acids is 1. The van der Waals surface area contributed by atoms with Crippen LogP contribution in [-0.4, -0.2) is 41.0 Å². The maximum atomic E-state index is 11.7. The van der Waals surface area contributed by atoms with E-state index < -0.39 is 12.0 Å². The summed E-state index contributed by atoms with van der Waals surface area (Å²) in [4.78, 5) is 24.6. The molecule has 6 nitrogen and oxygen atoms in total. The summed E-state index contributed by atoms with van der Waals surface area (Å²) in [7, 11) is 0. The first kappa shape index (κ1) is 14.0. The van der Waals surface area contributed by atoms with Crippen molar-refractivity contribution >= 4 is 11.9 Å². The molecule has 1 aliphatic heterocycles. The van der Waals surface area contributed by atoms with Crippen molar-refractivity contribution in [1.82, 2.24) is 10.2 Å². The standard InChI is InChI=1S/C14H15N3O3/c15-5-6-16-13(18)9-17-8-11-4-2-1-3-10(11)7-12(17)14(19)20/h1-4,12H,6-9H2,(H,16,18)(H,19,20)/t12-/m0/s1. The normalized spacial score (nSPS) is 17.9. The second-order valence-corrected chi connectivity index (χ2v) is 4.67. The lowest BCUT2D eigenvalue weighted by Crippen LogP contribution is -2.49. The van der Waals surface area contributed by atoms with E-state index >= 15 is 0 Å². The average molecular weight is 273 g/mol. The van der Waals surface area contributed by atoms with Crippen molar-refractivity contribution in [3.63, 3.8) is 0 Å². The van der Waals surface area contributed by atoms with Gasteiger partial charge in [-0.2, -0.15) is 5.26 Å². The van der Waals surface area contributed by atoms with Crippen LogP contribution >= 0.6 is 0 Å². The van der Waals surface area contributed by atoms with E-state index in [4.69, 9.17) is 5.26 Å². The number of carbonyl (C=O) groups excluding carboxylic acids is 1. The first-order valence-corrected chi connectivity index (χ1v) is 6.29. The second-order valence-electron chi connectivity index (χ2n) is 4.67. The summed E-state index contributed by atoms with van der Waals surface area (Å²) in [5, 5.41) is 20.1. The van der Waals surface area contributed by atoms with E-state index in [0.717, 1.165) is 11.1 Å². The van der Waals surface area contributed by atoms with E-state index in [2.05, 4.69) is 5.32 Å². The summed E-state index contributed by atoms with van der Waals surface area (Å²) in [6.07, 6.45) is 0.386. The summed E-state index contributed by atoms with van der Waals surface area (Å²) >= 11 is 0. The molecule has 0 spiro atoms. The molecular formula is C14H15N3O3. The lowest BCUT2D eigenvalue weighted by molar-refractivity contribution is -0.144. The number of nitrogens with one attached hydrogen (secondary N) is 1. The maximum absolute atomic E-state index is 11.7. The van der Waals surface area contributed by atoms with Crippen LogP contribution in [0.25, 0.3) is 0 Å². The lowest BCUT2D eigenvalue weighted by atomic mass is 9.94. The fourth-order valence-electron chi connectivity index (χ4n) is 2.37. The van der Waals surface area contributed by atoms with Crippen molar-refractivity contribution in [2.45, 2.75) is 19.0 Å². The molecule has 0 aromatic heterocycles. The Morgan fingerprint density at radius 3 is 2.75 bits per heavy atom. The van der Waals surface area contributed by atoms with Crippen LogP contribution in [-0.2, 0) is 22.6 Å². The van der Waals surface area contributed by atoms with Gasteiger partial charge in [0.25, 0.3) is 0 Å². The predicted octanol–water partition coefficient (Wildman–Crippen LogP) is 0.138. The highest BCUT2D eigenvalue weighted by molar-refractivity contribution is 5.80. The Morgan fingerprint density at radius 1 is 1.40 bits per heavy atom. The Hall–Kier alpha value is -2.39. The van der Waals surface area contributed by atoms with E-state index in [9.17, 15) is 14.7 Å². The zero-order valence-corrected chi connectivity index (χ0v) is 10.9. The maximum Gasteiger partial charge on any atom is 0.321 e. The molecule has 0 fully saturated rings. The molecule has 0 radical (unpaired) electrons. The van der Waals surface area contributed by atoms with Gasteiger partial charge in [0.15, 0.2) is 0 Å². The van der Waals surface area contributed by atoms with Gasteiger partial charge in [-0.05, 0) is 17.5 Å². The number of benzene rings is 1. The highest BCUT2D eigenvalue weighted by atomic mass is 16.4. The minimum Gasteiger partial charge on any atom is -0.480 e. The Balaban J connectivity index is 2.12. The van der Waals surface area contributed by atoms with E-state index in [1.54, 1.807) is 4.90 Å². The van der Waals surface area contributed by atoms with Gasteiger partial charge in [-0.3, -0.25) is 14.5 Å². The van der Waals surface area contributed by atoms with Crippen LogP contribution < -0.4 is 5.32 Å². The zero-order valence-electron chi connectivity index (χ0n) is 10.9. The smallest absolute Gasteiger partial charge is 0.321 e. The van der Waals surface area contributed by atoms with Gasteiger partial charge in [0, 0.05) is 6.54 Å². The molecular weight excluding hydrogens is 258 g/mol. The molecule has 0 saturated heterocycles. The third-order valence-electron chi connectivity index (χ3n) is 3.34. The summed E-state index contributed by atoms with van der Waals surface area (Å²) in [6.45, 7) is 0.334. The van der Waals surface area contributed by atoms with Crippen molar-refractivity contribution in [3.8, 4) is 6.07 Å². The molecule has 0 unspecified atom stereocenters. The minimum absolute atomic E-state index is 0.0209. The van der Waals surface area contributed by atoms with E-state index in [0.29, 0.717) is 13.0 Å². The molecule has 0 bridgehead atoms. The Kier molecular flexibility index (Phi) is 4.33. The number of hydrogen-bond donors (Lipinski definition) is 2. The molecule has 20 heavy (non-hydrogen) atoms. The number of aliphatic carboxylic acids is 1. The van der Waals surface area contributed by atoms with Gasteiger partial charge in [0.2, 0.25) is 5.91 Å². The van der Waals surface area contributed by atoms with Gasteiger partial charge in [-0.15, -0.1) is 0 Å². The number of amides is 1. The van der Waals surface area contributed by atoms with Crippen molar-refractivity contribution in [2.75, 3.05) is 13.1 Å². The fourth-order valence-corrected chi connectivity index (χ4v) is 2.37. The molecule has 6 heteroatoms. The van der Waals surface area contributed by atoms with Crippen LogP contribution in [0.2, 0.25) is 0 Å². The molecule has 1 amide bonds. The average Bonchev–Trinajstić information content (AvgIpc) is 2.44. The molecule has 0 aliphatic carbocycles. The monoisotopic (exact) mass is 273 g/mol. The third kappa shape index (κ3) is 3.13. The molecule has 1 aliphatic rings. The van der Waals surface area contributed by atoms with Crippen LogP contribution in [0, 0.1) is 11.3 Å².